The lowest BCUT2D eigenvalue weighted by Gasteiger charge is -2.35. The normalized spacial score (nSPS) is 22.8. The van der Waals surface area contributed by atoms with Crippen LogP contribution in [0.5, 0.6) is 0 Å². The third-order valence-corrected chi connectivity index (χ3v) is 7.63. The van der Waals surface area contributed by atoms with Crippen LogP contribution in [0.2, 0.25) is 0 Å². The van der Waals surface area contributed by atoms with Gasteiger partial charge in [-0.3, -0.25) is 9.36 Å². The Bertz CT molecular complexity index is 1270. The molecule has 0 bridgehead atoms. The van der Waals surface area contributed by atoms with Gasteiger partial charge in [-0.1, -0.05) is 12.1 Å². The van der Waals surface area contributed by atoms with Crippen molar-refractivity contribution < 1.29 is 18.3 Å². The van der Waals surface area contributed by atoms with Crippen molar-refractivity contribution in [3.8, 4) is 5.82 Å². The molecular weight excluding hydrogens is 480 g/mol. The first-order valence-corrected chi connectivity index (χ1v) is 13.1. The molecule has 1 aromatic carbocycles. The van der Waals surface area contributed by atoms with E-state index in [-0.39, 0.29) is 17.8 Å². The summed E-state index contributed by atoms with van der Waals surface area (Å²) in [5, 5.41) is 3.48. The molecule has 1 N–H and O–H groups in total. The summed E-state index contributed by atoms with van der Waals surface area (Å²) in [7, 11) is 0. The topological polar surface area (TPSA) is 88.4 Å². The van der Waals surface area contributed by atoms with Crippen molar-refractivity contribution in [2.24, 2.45) is 0 Å². The van der Waals surface area contributed by atoms with Gasteiger partial charge in [-0.05, 0) is 44.2 Å². The van der Waals surface area contributed by atoms with Gasteiger partial charge in [-0.2, -0.15) is 9.97 Å². The van der Waals surface area contributed by atoms with Gasteiger partial charge in [0.25, 0.3) is 6.43 Å². The molecule has 0 unspecified atom stereocenters. The molecule has 196 valence electrons. The highest BCUT2D eigenvalue weighted by molar-refractivity contribution is 5.79. The van der Waals surface area contributed by atoms with Crippen molar-refractivity contribution in [3.63, 3.8) is 0 Å². The van der Waals surface area contributed by atoms with Crippen molar-refractivity contribution in [2.75, 3.05) is 43.1 Å². The van der Waals surface area contributed by atoms with E-state index < -0.39 is 6.43 Å². The Hall–Kier alpha value is -3.34. The number of ether oxygens (including phenoxy) is 1. The highest BCUT2D eigenvalue weighted by Crippen LogP contribution is 2.31. The van der Waals surface area contributed by atoms with Crippen LogP contribution in [0.4, 0.5) is 20.5 Å². The predicted molar refractivity (Wildman–Crippen MR) is 135 cm³/mol. The lowest BCUT2D eigenvalue weighted by Crippen LogP contribution is -2.41. The highest BCUT2D eigenvalue weighted by atomic mass is 19.3. The first-order valence-electron chi connectivity index (χ1n) is 13.1. The number of hydrogen-bond donors (Lipinski definition) is 1. The molecule has 0 atom stereocenters. The summed E-state index contributed by atoms with van der Waals surface area (Å²) in [6.07, 6.45) is 2.51. The van der Waals surface area contributed by atoms with Gasteiger partial charge in [0, 0.05) is 44.2 Å². The molecule has 3 aliphatic rings. The molecule has 11 heteroatoms. The predicted octanol–water partition coefficient (Wildman–Crippen LogP) is 3.94. The number of aromatic nitrogens is 4. The number of nitrogens with zero attached hydrogens (tertiary/aromatic N) is 6. The van der Waals surface area contributed by atoms with Crippen molar-refractivity contribution >= 4 is 28.7 Å². The lowest BCUT2D eigenvalue weighted by atomic mass is 9.90. The summed E-state index contributed by atoms with van der Waals surface area (Å²) in [5.41, 5.74) is 1.07. The summed E-state index contributed by atoms with van der Waals surface area (Å²) < 4.78 is 35.1. The molecule has 2 aromatic heterocycles. The van der Waals surface area contributed by atoms with Crippen LogP contribution in [0.15, 0.2) is 30.3 Å². The Labute approximate surface area is 213 Å². The van der Waals surface area contributed by atoms with Crippen LogP contribution in [-0.2, 0) is 9.53 Å². The first kappa shape index (κ1) is 24.0. The number of anilines is 2. The fourth-order valence-electron chi connectivity index (χ4n) is 5.76. The maximum Gasteiger partial charge on any atom is 0.296 e. The van der Waals surface area contributed by atoms with Gasteiger partial charge in [0.1, 0.15) is 11.6 Å². The monoisotopic (exact) mass is 511 g/mol. The van der Waals surface area contributed by atoms with Crippen molar-refractivity contribution in [3.05, 3.63) is 36.2 Å². The van der Waals surface area contributed by atoms with Crippen LogP contribution in [0, 0.1) is 0 Å². The van der Waals surface area contributed by atoms with Crippen molar-refractivity contribution in [1.29, 1.82) is 0 Å². The van der Waals surface area contributed by atoms with E-state index in [1.807, 2.05) is 11.0 Å². The third kappa shape index (κ3) is 4.84. The van der Waals surface area contributed by atoms with Gasteiger partial charge in [-0.15, -0.1) is 0 Å². The largest absolute Gasteiger partial charge is 0.378 e. The second kappa shape index (κ2) is 10.2. The molecule has 2 aliphatic heterocycles. The number of halogens is 2. The Morgan fingerprint density at radius 2 is 1.73 bits per heavy atom. The van der Waals surface area contributed by atoms with E-state index in [1.165, 1.54) is 4.57 Å². The Morgan fingerprint density at radius 3 is 2.46 bits per heavy atom. The number of fused-ring (bicyclic) bond motifs is 1. The second-order valence-corrected chi connectivity index (χ2v) is 9.94. The standard InChI is InChI=1S/C26H31F2N7O2/c27-24(28)25-30-19-4-1-2-5-20(19)35(25)22-16-21(33-12-14-37-15-13-33)31-26(32-22)29-17-7-9-18(10-8-17)34-11-3-6-23(34)36/h1-2,4-5,16-18,24H,3,6-15H2,(H,29,31,32)/t17-,18-. The van der Waals surface area contributed by atoms with Crippen LogP contribution >= 0.6 is 0 Å². The molecule has 37 heavy (non-hydrogen) atoms. The fourth-order valence-corrected chi connectivity index (χ4v) is 5.76. The molecule has 2 saturated heterocycles. The minimum absolute atomic E-state index is 0.149. The summed E-state index contributed by atoms with van der Waals surface area (Å²) in [6, 6.07) is 9.30. The first-order chi connectivity index (χ1) is 18.1. The number of para-hydroxylation sites is 2. The van der Waals surface area contributed by atoms with E-state index in [4.69, 9.17) is 14.7 Å². The van der Waals surface area contributed by atoms with Crippen LogP contribution in [0.3, 0.4) is 0 Å². The number of carbonyl (C=O) groups excluding carboxylic acids is 1. The number of nitrogens with one attached hydrogen (secondary N) is 1. The molecule has 0 radical (unpaired) electrons. The molecule has 6 rings (SSSR count). The zero-order valence-electron chi connectivity index (χ0n) is 20.7. The van der Waals surface area contributed by atoms with Gasteiger partial charge >= 0.3 is 0 Å². The number of benzene rings is 1. The Kier molecular flexibility index (Phi) is 6.62. The number of carbonyl (C=O) groups is 1. The zero-order valence-corrected chi connectivity index (χ0v) is 20.7. The fraction of sp³-hybridized carbons (Fsp3) is 0.538. The lowest BCUT2D eigenvalue weighted by molar-refractivity contribution is -0.130. The van der Waals surface area contributed by atoms with E-state index in [2.05, 4.69) is 15.2 Å². The average Bonchev–Trinajstić information content (AvgIpc) is 3.53. The molecule has 9 nitrogen and oxygen atoms in total. The summed E-state index contributed by atoms with van der Waals surface area (Å²) in [4.78, 5) is 30.0. The quantitative estimate of drug-likeness (QED) is 0.536. The number of likely N-dealkylation sites (tertiary alicyclic amines) is 1. The third-order valence-electron chi connectivity index (χ3n) is 7.63. The molecule has 1 amide bonds. The van der Waals surface area contributed by atoms with Crippen LogP contribution in [-0.4, -0.2) is 75.3 Å². The maximum absolute atomic E-state index is 14.1. The van der Waals surface area contributed by atoms with Gasteiger partial charge in [-0.25, -0.2) is 13.8 Å². The molecule has 4 heterocycles. The average molecular weight is 512 g/mol. The minimum atomic E-state index is -2.76. The Morgan fingerprint density at radius 1 is 0.973 bits per heavy atom. The molecule has 3 fully saturated rings. The van der Waals surface area contributed by atoms with E-state index in [1.54, 1.807) is 24.3 Å². The maximum atomic E-state index is 14.1. The van der Waals surface area contributed by atoms with Gasteiger partial charge in [0.05, 0.1) is 24.2 Å². The van der Waals surface area contributed by atoms with Gasteiger partial charge in [0.2, 0.25) is 11.9 Å². The van der Waals surface area contributed by atoms with Gasteiger partial charge < -0.3 is 19.9 Å². The van der Waals surface area contributed by atoms with Crippen LogP contribution < -0.4 is 10.2 Å². The summed E-state index contributed by atoms with van der Waals surface area (Å²) in [5.74, 6) is 1.38. The molecule has 1 saturated carbocycles. The molecule has 0 spiro atoms. The summed E-state index contributed by atoms with van der Waals surface area (Å²) >= 11 is 0. The Balaban J connectivity index is 1.31. The molecule has 3 aromatic rings. The zero-order chi connectivity index (χ0) is 25.4. The minimum Gasteiger partial charge on any atom is -0.378 e. The van der Waals surface area contributed by atoms with Crippen molar-refractivity contribution in [2.45, 2.75) is 57.0 Å². The van der Waals surface area contributed by atoms with E-state index in [0.717, 1.165) is 38.6 Å². The number of morpholine rings is 1. The second-order valence-electron chi connectivity index (χ2n) is 9.94. The number of rotatable bonds is 6. The summed E-state index contributed by atoms with van der Waals surface area (Å²) in [6.45, 7) is 3.35. The van der Waals surface area contributed by atoms with Gasteiger partial charge in [0.15, 0.2) is 5.82 Å². The number of amides is 1. The smallest absolute Gasteiger partial charge is 0.296 e. The number of imidazole rings is 1. The SMILES string of the molecule is O=C1CCCN1[C@H]1CC[C@H](Nc2nc(N3CCOCC3)cc(-n3c(C(F)F)nc4ccccc43)n2)CC1. The number of hydrogen-bond acceptors (Lipinski definition) is 7. The van der Waals surface area contributed by atoms with E-state index >= 15 is 0 Å². The molecular formula is C26H31F2N7O2. The highest BCUT2D eigenvalue weighted by Gasteiger charge is 2.32. The van der Waals surface area contributed by atoms with E-state index in [9.17, 15) is 13.6 Å². The number of alkyl halides is 2. The van der Waals surface area contributed by atoms with Crippen molar-refractivity contribution in [1.82, 2.24) is 24.4 Å². The van der Waals surface area contributed by atoms with E-state index in [0.29, 0.717) is 67.4 Å². The van der Waals surface area contributed by atoms with Crippen LogP contribution in [0.25, 0.3) is 16.9 Å². The van der Waals surface area contributed by atoms with Crippen LogP contribution in [0.1, 0.15) is 50.8 Å². The molecule has 1 aliphatic carbocycles.